The quantitative estimate of drug-likeness (QED) is 0.804. The van der Waals surface area contributed by atoms with Crippen LogP contribution in [0.1, 0.15) is 31.3 Å². The maximum absolute atomic E-state index is 12.4. The summed E-state index contributed by atoms with van der Waals surface area (Å²) in [4.78, 5) is 36.5. The summed E-state index contributed by atoms with van der Waals surface area (Å²) in [5, 5.41) is 16.4. The number of carbonyl (C=O) groups is 2. The van der Waals surface area contributed by atoms with Gasteiger partial charge in [-0.15, -0.1) is 0 Å². The molecule has 0 aliphatic carbocycles. The summed E-state index contributed by atoms with van der Waals surface area (Å²) < 4.78 is 6.07. The molecular formula is C18H20N4O4. The van der Waals surface area contributed by atoms with Crippen molar-refractivity contribution in [1.82, 2.24) is 15.1 Å². The molecule has 0 unspecified atom stereocenters. The van der Waals surface area contributed by atoms with Crippen LogP contribution in [0.2, 0.25) is 0 Å². The zero-order valence-corrected chi connectivity index (χ0v) is 15.1. The molecule has 1 atom stereocenters. The van der Waals surface area contributed by atoms with Gasteiger partial charge in [-0.05, 0) is 18.9 Å². The van der Waals surface area contributed by atoms with E-state index in [1.807, 2.05) is 6.07 Å². The molecule has 0 fully saturated rings. The second-order valence-corrected chi connectivity index (χ2v) is 6.42. The Labute approximate surface area is 150 Å². The molecule has 136 valence electrons. The molecule has 0 saturated heterocycles. The maximum Gasteiger partial charge on any atom is 0.359 e. The van der Waals surface area contributed by atoms with Crippen LogP contribution in [0.15, 0.2) is 29.1 Å². The SMILES string of the molecule is CC(C)[C@](C)(C#N)NC(=O)COC(=O)c1nn(C)c(=O)c2ccccc12. The van der Waals surface area contributed by atoms with Crippen LogP contribution >= 0.6 is 0 Å². The highest BCUT2D eigenvalue weighted by molar-refractivity contribution is 6.02. The second-order valence-electron chi connectivity index (χ2n) is 6.42. The van der Waals surface area contributed by atoms with Crippen LogP contribution < -0.4 is 10.9 Å². The van der Waals surface area contributed by atoms with E-state index in [0.717, 1.165) is 4.68 Å². The van der Waals surface area contributed by atoms with Gasteiger partial charge in [-0.25, -0.2) is 9.48 Å². The third-order valence-corrected chi connectivity index (χ3v) is 4.27. The molecule has 2 rings (SSSR count). The Morgan fingerprint density at radius 1 is 1.35 bits per heavy atom. The normalized spacial score (nSPS) is 13.1. The minimum atomic E-state index is -1.06. The summed E-state index contributed by atoms with van der Waals surface area (Å²) in [6.07, 6.45) is 0. The van der Waals surface area contributed by atoms with E-state index in [0.29, 0.717) is 10.8 Å². The number of nitrogens with zero attached hydrogens (tertiary/aromatic N) is 3. The van der Waals surface area contributed by atoms with Crippen molar-refractivity contribution in [2.75, 3.05) is 6.61 Å². The highest BCUT2D eigenvalue weighted by Crippen LogP contribution is 2.16. The van der Waals surface area contributed by atoms with Crippen molar-refractivity contribution in [2.45, 2.75) is 26.3 Å². The van der Waals surface area contributed by atoms with E-state index < -0.39 is 24.0 Å². The number of esters is 1. The highest BCUT2D eigenvalue weighted by atomic mass is 16.5. The van der Waals surface area contributed by atoms with E-state index in [1.54, 1.807) is 45.0 Å². The molecule has 26 heavy (non-hydrogen) atoms. The summed E-state index contributed by atoms with van der Waals surface area (Å²) in [7, 11) is 1.43. The lowest BCUT2D eigenvalue weighted by molar-refractivity contribution is -0.125. The number of aryl methyl sites for hydroxylation is 1. The number of aromatic nitrogens is 2. The predicted octanol–water partition coefficient (Wildman–Crippen LogP) is 1.14. The zero-order valence-electron chi connectivity index (χ0n) is 15.1. The van der Waals surface area contributed by atoms with Gasteiger partial charge in [0, 0.05) is 12.4 Å². The minimum Gasteiger partial charge on any atom is -0.451 e. The van der Waals surface area contributed by atoms with E-state index in [4.69, 9.17) is 4.74 Å². The van der Waals surface area contributed by atoms with Gasteiger partial charge in [-0.3, -0.25) is 9.59 Å². The van der Waals surface area contributed by atoms with Crippen molar-refractivity contribution in [3.05, 3.63) is 40.3 Å². The van der Waals surface area contributed by atoms with Crippen LogP contribution in [0.5, 0.6) is 0 Å². The van der Waals surface area contributed by atoms with E-state index in [-0.39, 0.29) is 17.2 Å². The van der Waals surface area contributed by atoms with E-state index in [9.17, 15) is 19.6 Å². The molecule has 0 aliphatic rings. The molecule has 8 heteroatoms. The first kappa shape index (κ1) is 19.1. The monoisotopic (exact) mass is 356 g/mol. The number of nitriles is 1. The first-order valence-electron chi connectivity index (χ1n) is 8.05. The van der Waals surface area contributed by atoms with Crippen LogP contribution in [-0.2, 0) is 16.6 Å². The van der Waals surface area contributed by atoms with Gasteiger partial charge in [0.2, 0.25) is 0 Å². The van der Waals surface area contributed by atoms with Gasteiger partial charge >= 0.3 is 5.97 Å². The van der Waals surface area contributed by atoms with Crippen molar-refractivity contribution in [1.29, 1.82) is 5.26 Å². The summed E-state index contributed by atoms with van der Waals surface area (Å²) in [6.45, 7) is 4.65. The lowest BCUT2D eigenvalue weighted by Crippen LogP contribution is -2.50. The number of ether oxygens (including phenoxy) is 1. The molecule has 1 amide bonds. The Morgan fingerprint density at radius 2 is 1.96 bits per heavy atom. The molecule has 0 radical (unpaired) electrons. The maximum atomic E-state index is 12.4. The number of carbonyl (C=O) groups excluding carboxylic acids is 2. The molecule has 1 aromatic heterocycles. The van der Waals surface area contributed by atoms with Gasteiger partial charge in [0.1, 0.15) is 5.54 Å². The number of fused-ring (bicyclic) bond motifs is 1. The fraction of sp³-hybridized carbons (Fsp3) is 0.389. The number of hydrogen-bond donors (Lipinski definition) is 1. The van der Waals surface area contributed by atoms with E-state index in [1.165, 1.54) is 7.05 Å². The number of hydrogen-bond acceptors (Lipinski definition) is 6. The van der Waals surface area contributed by atoms with Crippen LogP contribution in [0.25, 0.3) is 10.8 Å². The molecule has 0 bridgehead atoms. The van der Waals surface area contributed by atoms with Crippen LogP contribution in [0, 0.1) is 17.2 Å². The molecule has 0 spiro atoms. The van der Waals surface area contributed by atoms with Gasteiger partial charge in [0.05, 0.1) is 11.5 Å². The number of nitrogens with one attached hydrogen (secondary N) is 1. The first-order chi connectivity index (χ1) is 12.2. The first-order valence-corrected chi connectivity index (χ1v) is 8.05. The minimum absolute atomic E-state index is 0.0533. The fourth-order valence-corrected chi connectivity index (χ4v) is 2.28. The van der Waals surface area contributed by atoms with Crippen LogP contribution in [0.4, 0.5) is 0 Å². The third-order valence-electron chi connectivity index (χ3n) is 4.27. The van der Waals surface area contributed by atoms with Crippen LogP contribution in [-0.4, -0.2) is 33.8 Å². The molecule has 8 nitrogen and oxygen atoms in total. The number of amides is 1. The lowest BCUT2D eigenvalue weighted by atomic mass is 9.90. The van der Waals surface area contributed by atoms with Gasteiger partial charge < -0.3 is 10.1 Å². The average Bonchev–Trinajstić information content (AvgIpc) is 2.62. The highest BCUT2D eigenvalue weighted by Gasteiger charge is 2.30. The number of rotatable bonds is 5. The molecule has 0 aliphatic heterocycles. The van der Waals surface area contributed by atoms with Gasteiger partial charge in [-0.2, -0.15) is 10.4 Å². The molecule has 2 aromatic rings. The van der Waals surface area contributed by atoms with Crippen molar-refractivity contribution in [3.8, 4) is 6.07 Å². The Morgan fingerprint density at radius 3 is 2.54 bits per heavy atom. The van der Waals surface area contributed by atoms with Crippen molar-refractivity contribution >= 4 is 22.6 Å². The number of benzene rings is 1. The topological polar surface area (TPSA) is 114 Å². The molecule has 1 aromatic carbocycles. The summed E-state index contributed by atoms with van der Waals surface area (Å²) in [5.41, 5.74) is -1.45. The smallest absolute Gasteiger partial charge is 0.359 e. The Hall–Kier alpha value is -3.21. The summed E-state index contributed by atoms with van der Waals surface area (Å²) >= 11 is 0. The van der Waals surface area contributed by atoms with Gasteiger partial charge in [0.15, 0.2) is 12.3 Å². The molecular weight excluding hydrogens is 336 g/mol. The van der Waals surface area contributed by atoms with Crippen LogP contribution in [0.3, 0.4) is 0 Å². The Balaban J connectivity index is 2.18. The standard InChI is InChI=1S/C18H20N4O4/c1-11(2)18(3,10-19)20-14(23)9-26-17(25)15-12-7-5-6-8-13(12)16(24)22(4)21-15/h5-8,11H,9H2,1-4H3,(H,20,23)/t18-/m0/s1. The lowest BCUT2D eigenvalue weighted by Gasteiger charge is -2.27. The second kappa shape index (κ2) is 7.35. The Bertz CT molecular complexity index is 958. The zero-order chi connectivity index (χ0) is 19.5. The summed E-state index contributed by atoms with van der Waals surface area (Å²) in [5.74, 6) is -1.54. The van der Waals surface area contributed by atoms with E-state index >= 15 is 0 Å². The Kier molecular flexibility index (Phi) is 5.41. The third kappa shape index (κ3) is 3.72. The van der Waals surface area contributed by atoms with Crippen molar-refractivity contribution < 1.29 is 14.3 Å². The summed E-state index contributed by atoms with van der Waals surface area (Å²) in [6, 6.07) is 8.58. The van der Waals surface area contributed by atoms with Gasteiger partial charge in [0.25, 0.3) is 11.5 Å². The molecule has 1 N–H and O–H groups in total. The fourth-order valence-electron chi connectivity index (χ4n) is 2.28. The van der Waals surface area contributed by atoms with E-state index in [2.05, 4.69) is 10.4 Å². The van der Waals surface area contributed by atoms with Gasteiger partial charge in [-0.1, -0.05) is 32.0 Å². The van der Waals surface area contributed by atoms with Crippen molar-refractivity contribution in [2.24, 2.45) is 13.0 Å². The van der Waals surface area contributed by atoms with Crippen molar-refractivity contribution in [3.63, 3.8) is 0 Å². The largest absolute Gasteiger partial charge is 0.451 e. The molecule has 1 heterocycles. The predicted molar refractivity (Wildman–Crippen MR) is 94.3 cm³/mol. The average molecular weight is 356 g/mol. The molecule has 0 saturated carbocycles.